The fourth-order valence-electron chi connectivity index (χ4n) is 2.93. The number of hydrogen-bond acceptors (Lipinski definition) is 4. The van der Waals surface area contributed by atoms with E-state index in [2.05, 4.69) is 10.6 Å². The van der Waals surface area contributed by atoms with Gasteiger partial charge in [0.1, 0.15) is 6.04 Å². The van der Waals surface area contributed by atoms with Crippen LogP contribution in [0.5, 0.6) is 0 Å². The Morgan fingerprint density at radius 2 is 1.72 bits per heavy atom. The van der Waals surface area contributed by atoms with Crippen LogP contribution < -0.4 is 10.6 Å². The first kappa shape index (κ1) is 25.1. The topological polar surface area (TPSA) is 101 Å². The Hall–Kier alpha value is -3.14. The van der Waals surface area contributed by atoms with Gasteiger partial charge < -0.3 is 10.6 Å². The molecule has 0 saturated carbocycles. The van der Waals surface area contributed by atoms with Crippen molar-refractivity contribution in [2.45, 2.75) is 39.0 Å². The summed E-state index contributed by atoms with van der Waals surface area (Å²) in [5.74, 6) is -1.69. The summed E-state index contributed by atoms with van der Waals surface area (Å²) in [5, 5.41) is 15.8. The summed E-state index contributed by atoms with van der Waals surface area (Å²) in [6.07, 6.45) is -4.52. The van der Waals surface area contributed by atoms with Gasteiger partial charge in [-0.15, -0.1) is 0 Å². The number of nitrogens with zero attached hydrogens (tertiary/aromatic N) is 1. The Morgan fingerprint density at radius 1 is 1.06 bits per heavy atom. The van der Waals surface area contributed by atoms with Crippen molar-refractivity contribution in [3.8, 4) is 0 Å². The van der Waals surface area contributed by atoms with Crippen molar-refractivity contribution in [1.29, 1.82) is 0 Å². The first-order valence-corrected chi connectivity index (χ1v) is 9.91. The van der Waals surface area contributed by atoms with Gasteiger partial charge in [0.25, 0.3) is 11.6 Å². The molecule has 2 atom stereocenters. The number of halogens is 4. The number of carbonyl (C=O) groups is 2. The summed E-state index contributed by atoms with van der Waals surface area (Å²) < 4.78 is 38.9. The molecule has 0 fully saturated rings. The number of alkyl halides is 3. The Labute approximate surface area is 187 Å². The normalized spacial score (nSPS) is 13.4. The number of nitrogens with one attached hydrogen (secondary N) is 2. The zero-order valence-corrected chi connectivity index (χ0v) is 18.1. The van der Waals surface area contributed by atoms with Crippen molar-refractivity contribution in [3.63, 3.8) is 0 Å². The van der Waals surface area contributed by atoms with E-state index in [9.17, 15) is 32.9 Å². The van der Waals surface area contributed by atoms with Crippen LogP contribution in [0.15, 0.2) is 42.5 Å². The van der Waals surface area contributed by atoms with Crippen LogP contribution in [0, 0.1) is 16.0 Å². The summed E-state index contributed by atoms with van der Waals surface area (Å²) in [7, 11) is 0. The third kappa shape index (κ3) is 6.19. The molecule has 0 heterocycles. The average molecular weight is 472 g/mol. The lowest BCUT2D eigenvalue weighted by molar-refractivity contribution is -0.384. The third-order valence-electron chi connectivity index (χ3n) is 4.72. The fourth-order valence-corrected chi connectivity index (χ4v) is 3.19. The van der Waals surface area contributed by atoms with Gasteiger partial charge in [-0.25, -0.2) is 0 Å². The van der Waals surface area contributed by atoms with Gasteiger partial charge in [-0.05, 0) is 36.6 Å². The summed E-state index contributed by atoms with van der Waals surface area (Å²) in [6, 6.07) is 6.12. The van der Waals surface area contributed by atoms with Crippen molar-refractivity contribution in [3.05, 3.63) is 74.3 Å². The number of amides is 2. The van der Waals surface area contributed by atoms with Gasteiger partial charge >= 0.3 is 6.18 Å². The minimum absolute atomic E-state index is 0.0540. The van der Waals surface area contributed by atoms with E-state index in [0.717, 1.165) is 24.3 Å². The van der Waals surface area contributed by atoms with Crippen LogP contribution in [-0.2, 0) is 11.0 Å². The smallest absolute Gasteiger partial charge is 0.348 e. The number of nitro groups is 1. The summed E-state index contributed by atoms with van der Waals surface area (Å²) in [6.45, 7) is 4.88. The first-order chi connectivity index (χ1) is 14.8. The average Bonchev–Trinajstić information content (AvgIpc) is 2.70. The van der Waals surface area contributed by atoms with Crippen molar-refractivity contribution in [2.75, 3.05) is 0 Å². The summed E-state index contributed by atoms with van der Waals surface area (Å²) in [5.41, 5.74) is -0.931. The maximum atomic E-state index is 13.0. The van der Waals surface area contributed by atoms with Crippen LogP contribution in [0.1, 0.15) is 48.3 Å². The monoisotopic (exact) mass is 471 g/mol. The second-order valence-corrected chi connectivity index (χ2v) is 7.88. The number of benzene rings is 2. The molecule has 0 aliphatic heterocycles. The Balaban J connectivity index is 2.16. The maximum Gasteiger partial charge on any atom is 0.416 e. The molecule has 0 saturated heterocycles. The van der Waals surface area contributed by atoms with E-state index >= 15 is 0 Å². The second-order valence-electron chi connectivity index (χ2n) is 7.47. The quantitative estimate of drug-likeness (QED) is 0.443. The molecule has 11 heteroatoms. The lowest BCUT2D eigenvalue weighted by Crippen LogP contribution is -2.50. The van der Waals surface area contributed by atoms with Crippen LogP contribution in [0.25, 0.3) is 0 Å². The van der Waals surface area contributed by atoms with Gasteiger partial charge in [0, 0.05) is 12.1 Å². The number of non-ortho nitro benzene ring substituents is 1. The number of rotatable bonds is 7. The molecule has 2 unspecified atom stereocenters. The van der Waals surface area contributed by atoms with Crippen LogP contribution in [-0.4, -0.2) is 22.8 Å². The lowest BCUT2D eigenvalue weighted by Gasteiger charge is -2.24. The molecule has 172 valence electrons. The van der Waals surface area contributed by atoms with E-state index in [0.29, 0.717) is 0 Å². The van der Waals surface area contributed by atoms with E-state index in [1.165, 1.54) is 25.1 Å². The number of carbonyl (C=O) groups excluding carboxylic acids is 2. The van der Waals surface area contributed by atoms with Crippen LogP contribution in [0.4, 0.5) is 18.9 Å². The number of nitro benzene ring substituents is 1. The minimum atomic E-state index is -4.52. The lowest BCUT2D eigenvalue weighted by atomic mass is 10.0. The number of hydrogen-bond donors (Lipinski definition) is 2. The molecule has 0 bridgehead atoms. The molecule has 2 N–H and O–H groups in total. The van der Waals surface area contributed by atoms with Crippen molar-refractivity contribution >= 4 is 29.1 Å². The molecule has 0 aromatic heterocycles. The van der Waals surface area contributed by atoms with Crippen LogP contribution in [0.2, 0.25) is 5.02 Å². The van der Waals surface area contributed by atoms with Gasteiger partial charge in [0.2, 0.25) is 5.91 Å². The van der Waals surface area contributed by atoms with E-state index in [1.807, 2.05) is 0 Å². The molecule has 0 radical (unpaired) electrons. The predicted octanol–water partition coefficient (Wildman–Crippen LogP) is 4.90. The van der Waals surface area contributed by atoms with Crippen molar-refractivity contribution in [1.82, 2.24) is 10.6 Å². The highest BCUT2D eigenvalue weighted by molar-refractivity contribution is 6.34. The highest BCUT2D eigenvalue weighted by Gasteiger charge is 2.31. The van der Waals surface area contributed by atoms with Gasteiger partial charge in [0.05, 0.1) is 27.1 Å². The summed E-state index contributed by atoms with van der Waals surface area (Å²) >= 11 is 5.97. The first-order valence-electron chi connectivity index (χ1n) is 9.53. The molecule has 0 spiro atoms. The van der Waals surface area contributed by atoms with Gasteiger partial charge in [-0.2, -0.15) is 13.2 Å². The molecular weight excluding hydrogens is 451 g/mol. The van der Waals surface area contributed by atoms with E-state index in [-0.39, 0.29) is 27.8 Å². The molecule has 0 aliphatic carbocycles. The van der Waals surface area contributed by atoms with Gasteiger partial charge in [-0.3, -0.25) is 19.7 Å². The van der Waals surface area contributed by atoms with Crippen molar-refractivity contribution in [2.24, 2.45) is 5.92 Å². The minimum Gasteiger partial charge on any atom is -0.348 e. The molecule has 2 rings (SSSR count). The second kappa shape index (κ2) is 9.99. The Kier molecular flexibility index (Phi) is 7.84. The zero-order chi connectivity index (χ0) is 24.2. The molecule has 2 amide bonds. The zero-order valence-electron chi connectivity index (χ0n) is 17.4. The van der Waals surface area contributed by atoms with E-state index in [4.69, 9.17) is 11.6 Å². The SMILES string of the molecule is CC(NC(=O)C(NC(=O)c1ccc([N+](=O)[O-])cc1Cl)C(C)C)c1cccc(C(F)(F)F)c1. The van der Waals surface area contributed by atoms with Crippen molar-refractivity contribution < 1.29 is 27.7 Å². The van der Waals surface area contributed by atoms with Gasteiger partial charge in [0.15, 0.2) is 0 Å². The largest absolute Gasteiger partial charge is 0.416 e. The Bertz CT molecular complexity index is 1030. The molecular formula is C21H21ClF3N3O4. The molecule has 2 aromatic rings. The van der Waals surface area contributed by atoms with E-state index in [1.54, 1.807) is 13.8 Å². The van der Waals surface area contributed by atoms with Crippen LogP contribution >= 0.6 is 11.6 Å². The predicted molar refractivity (Wildman–Crippen MR) is 112 cm³/mol. The molecule has 0 aliphatic rings. The standard InChI is InChI=1S/C21H21ClF3N3O4/c1-11(2)18(27-19(29)16-8-7-15(28(31)32)10-17(16)22)20(30)26-12(3)13-5-4-6-14(9-13)21(23,24)25/h4-12,18H,1-3H3,(H,26,30)(H,27,29). The highest BCUT2D eigenvalue weighted by Crippen LogP contribution is 2.30. The fraction of sp³-hybridized carbons (Fsp3) is 0.333. The molecule has 32 heavy (non-hydrogen) atoms. The molecule has 7 nitrogen and oxygen atoms in total. The Morgan fingerprint density at radius 3 is 2.25 bits per heavy atom. The third-order valence-corrected chi connectivity index (χ3v) is 5.03. The van der Waals surface area contributed by atoms with Gasteiger partial charge in [-0.1, -0.05) is 37.6 Å². The summed E-state index contributed by atoms with van der Waals surface area (Å²) in [4.78, 5) is 35.5. The van der Waals surface area contributed by atoms with E-state index < -0.39 is 40.6 Å². The highest BCUT2D eigenvalue weighted by atomic mass is 35.5. The molecule has 2 aromatic carbocycles. The van der Waals surface area contributed by atoms with Crippen LogP contribution in [0.3, 0.4) is 0 Å². The maximum absolute atomic E-state index is 13.0.